The van der Waals surface area contributed by atoms with Crippen LogP contribution in [0.5, 0.6) is 0 Å². The van der Waals surface area contributed by atoms with Gasteiger partial charge in [-0.1, -0.05) is 55.4 Å². The molecule has 4 unspecified atom stereocenters. The van der Waals surface area contributed by atoms with Gasteiger partial charge >= 0.3 is 7.60 Å². The summed E-state index contributed by atoms with van der Waals surface area (Å²) >= 11 is 0. The quantitative estimate of drug-likeness (QED) is 0.490. The maximum absolute atomic E-state index is 12.8. The zero-order chi connectivity index (χ0) is 17.7. The maximum atomic E-state index is 12.8. The third kappa shape index (κ3) is 7.62. The van der Waals surface area contributed by atoms with Gasteiger partial charge in [0, 0.05) is 0 Å². The molecule has 0 spiro atoms. The standard InChI is InChI=1S/C18H39O3P/c1-13(2)10-16(7)18(9,12-15(5)6)21-22(19,20)17(8)11-14(3)4/h13-17H,10-12H2,1-9H3,(H,19,20). The van der Waals surface area contributed by atoms with E-state index in [4.69, 9.17) is 4.52 Å². The second-order valence-electron chi connectivity index (χ2n) is 8.58. The molecule has 4 atom stereocenters. The SMILES string of the molecule is CC(C)CC(C)C(C)(CC(C)C)OP(=O)(O)C(C)CC(C)C. The summed E-state index contributed by atoms with van der Waals surface area (Å²) in [5, 5.41) is 0. The highest BCUT2D eigenvalue weighted by Crippen LogP contribution is 2.55. The third-order valence-electron chi connectivity index (χ3n) is 4.39. The van der Waals surface area contributed by atoms with Gasteiger partial charge in [-0.25, -0.2) is 0 Å². The fourth-order valence-electron chi connectivity index (χ4n) is 3.30. The van der Waals surface area contributed by atoms with Crippen LogP contribution >= 0.6 is 7.60 Å². The molecule has 0 aliphatic rings. The molecule has 0 radical (unpaired) electrons. The Hall–Kier alpha value is 0.150. The van der Waals surface area contributed by atoms with Crippen molar-refractivity contribution in [1.29, 1.82) is 0 Å². The van der Waals surface area contributed by atoms with Gasteiger partial charge < -0.3 is 9.42 Å². The minimum Gasteiger partial charge on any atom is -0.324 e. The second-order valence-corrected chi connectivity index (χ2v) is 10.8. The molecule has 0 fully saturated rings. The molecular weight excluding hydrogens is 295 g/mol. The van der Waals surface area contributed by atoms with Gasteiger partial charge in [0.2, 0.25) is 0 Å². The summed E-state index contributed by atoms with van der Waals surface area (Å²) in [5.74, 6) is 1.63. The summed E-state index contributed by atoms with van der Waals surface area (Å²) < 4.78 is 18.7. The van der Waals surface area contributed by atoms with E-state index in [1.807, 2.05) is 13.8 Å². The number of hydrogen-bond acceptors (Lipinski definition) is 2. The van der Waals surface area contributed by atoms with Crippen molar-refractivity contribution in [1.82, 2.24) is 0 Å². The first-order valence-electron chi connectivity index (χ1n) is 8.83. The lowest BCUT2D eigenvalue weighted by Crippen LogP contribution is -2.38. The van der Waals surface area contributed by atoms with Gasteiger partial charge in [0.05, 0.1) is 11.3 Å². The first kappa shape index (κ1) is 22.1. The van der Waals surface area contributed by atoms with Gasteiger partial charge in [0.15, 0.2) is 0 Å². The van der Waals surface area contributed by atoms with E-state index < -0.39 is 13.2 Å². The first-order chi connectivity index (χ1) is 9.80. The van der Waals surface area contributed by atoms with Crippen molar-refractivity contribution in [2.24, 2.45) is 23.7 Å². The fraction of sp³-hybridized carbons (Fsp3) is 1.00. The molecule has 4 heteroatoms. The minimum absolute atomic E-state index is 0.252. The van der Waals surface area contributed by atoms with Gasteiger partial charge in [0.1, 0.15) is 0 Å². The molecular formula is C18H39O3P. The molecule has 0 aromatic heterocycles. The van der Waals surface area contributed by atoms with Crippen molar-refractivity contribution in [2.45, 2.75) is 92.8 Å². The van der Waals surface area contributed by atoms with Crippen LogP contribution in [0.2, 0.25) is 0 Å². The van der Waals surface area contributed by atoms with E-state index in [-0.39, 0.29) is 11.6 Å². The van der Waals surface area contributed by atoms with Crippen LogP contribution < -0.4 is 0 Å². The Labute approximate surface area is 138 Å². The third-order valence-corrected chi connectivity index (χ3v) is 6.39. The highest BCUT2D eigenvalue weighted by atomic mass is 31.2. The molecule has 0 aromatic carbocycles. The Morgan fingerprint density at radius 1 is 0.909 bits per heavy atom. The lowest BCUT2D eigenvalue weighted by atomic mass is 9.79. The molecule has 0 bridgehead atoms. The summed E-state index contributed by atoms with van der Waals surface area (Å²) in [4.78, 5) is 10.5. The minimum atomic E-state index is -3.61. The lowest BCUT2D eigenvalue weighted by Gasteiger charge is -2.40. The molecule has 3 nitrogen and oxygen atoms in total. The largest absolute Gasteiger partial charge is 0.331 e. The second kappa shape index (κ2) is 8.85. The molecule has 0 aliphatic carbocycles. The van der Waals surface area contributed by atoms with Gasteiger partial charge in [-0.3, -0.25) is 4.57 Å². The molecule has 0 saturated heterocycles. The van der Waals surface area contributed by atoms with Crippen LogP contribution in [0.15, 0.2) is 0 Å². The predicted molar refractivity (Wildman–Crippen MR) is 96.3 cm³/mol. The lowest BCUT2D eigenvalue weighted by molar-refractivity contribution is -0.00514. The molecule has 0 aliphatic heterocycles. The van der Waals surface area contributed by atoms with Crippen LogP contribution in [-0.2, 0) is 9.09 Å². The Balaban J connectivity index is 5.23. The smallest absolute Gasteiger partial charge is 0.324 e. The zero-order valence-corrected chi connectivity index (χ0v) is 17.1. The molecule has 0 aromatic rings. The van der Waals surface area contributed by atoms with Crippen LogP contribution in [0.3, 0.4) is 0 Å². The van der Waals surface area contributed by atoms with E-state index in [0.29, 0.717) is 24.2 Å². The van der Waals surface area contributed by atoms with E-state index in [1.165, 1.54) is 0 Å². The van der Waals surface area contributed by atoms with E-state index in [1.54, 1.807) is 0 Å². The number of rotatable bonds is 10. The van der Waals surface area contributed by atoms with E-state index in [2.05, 4.69) is 48.5 Å². The summed E-state index contributed by atoms with van der Waals surface area (Å²) in [6.45, 7) is 18.8. The first-order valence-corrected chi connectivity index (χ1v) is 10.5. The predicted octanol–water partition coefficient (Wildman–Crippen LogP) is 6.11. The van der Waals surface area contributed by atoms with Crippen molar-refractivity contribution in [3.63, 3.8) is 0 Å². The molecule has 0 heterocycles. The van der Waals surface area contributed by atoms with Crippen molar-refractivity contribution in [3.05, 3.63) is 0 Å². The Morgan fingerprint density at radius 3 is 1.73 bits per heavy atom. The average Bonchev–Trinajstić information content (AvgIpc) is 2.24. The van der Waals surface area contributed by atoms with Crippen LogP contribution in [0.1, 0.15) is 81.6 Å². The Bertz CT molecular complexity index is 365. The topological polar surface area (TPSA) is 46.5 Å². The van der Waals surface area contributed by atoms with Crippen molar-refractivity contribution < 1.29 is 14.0 Å². The van der Waals surface area contributed by atoms with Crippen LogP contribution in [0.4, 0.5) is 0 Å². The van der Waals surface area contributed by atoms with Gasteiger partial charge in [-0.15, -0.1) is 0 Å². The molecule has 134 valence electrons. The maximum Gasteiger partial charge on any atom is 0.331 e. The van der Waals surface area contributed by atoms with Crippen LogP contribution in [-0.4, -0.2) is 16.2 Å². The van der Waals surface area contributed by atoms with Crippen molar-refractivity contribution in [2.75, 3.05) is 0 Å². The fourth-order valence-corrected chi connectivity index (χ4v) is 5.02. The molecule has 0 amide bonds. The van der Waals surface area contributed by atoms with Gasteiger partial charge in [0.25, 0.3) is 0 Å². The van der Waals surface area contributed by atoms with Crippen molar-refractivity contribution in [3.8, 4) is 0 Å². The van der Waals surface area contributed by atoms with Crippen LogP contribution in [0, 0.1) is 23.7 Å². The van der Waals surface area contributed by atoms with Gasteiger partial charge in [-0.2, -0.15) is 0 Å². The molecule has 0 rings (SSSR count). The number of hydrogen-bond donors (Lipinski definition) is 1. The van der Waals surface area contributed by atoms with Gasteiger partial charge in [-0.05, 0) is 49.9 Å². The molecule has 1 N–H and O–H groups in total. The summed E-state index contributed by atoms with van der Waals surface area (Å²) in [7, 11) is -3.61. The highest BCUT2D eigenvalue weighted by molar-refractivity contribution is 7.53. The molecule has 0 saturated carbocycles. The summed E-state index contributed by atoms with van der Waals surface area (Å²) in [5.41, 5.74) is -0.862. The van der Waals surface area contributed by atoms with Crippen molar-refractivity contribution >= 4 is 7.60 Å². The highest BCUT2D eigenvalue weighted by Gasteiger charge is 2.42. The summed E-state index contributed by atoms with van der Waals surface area (Å²) in [6, 6.07) is 0. The normalized spacial score (nSPS) is 21.0. The Kier molecular flexibility index (Phi) is 8.91. The van der Waals surface area contributed by atoms with E-state index >= 15 is 0 Å². The zero-order valence-electron chi connectivity index (χ0n) is 16.2. The monoisotopic (exact) mass is 334 g/mol. The average molecular weight is 334 g/mol. The van der Waals surface area contributed by atoms with E-state index in [9.17, 15) is 9.46 Å². The van der Waals surface area contributed by atoms with E-state index in [0.717, 1.165) is 12.8 Å². The molecule has 22 heavy (non-hydrogen) atoms. The van der Waals surface area contributed by atoms with Crippen LogP contribution in [0.25, 0.3) is 0 Å². The Morgan fingerprint density at radius 2 is 1.36 bits per heavy atom. The summed E-state index contributed by atoms with van der Waals surface area (Å²) in [6.07, 6.45) is 2.52.